The molecule has 0 aromatic heterocycles. The standard InChI is InChI=1S/C16H14F3N/c17-11-8-12(18)14(13(19)9-11)15(20)16(6-7-16)10-4-2-1-3-5-10/h1-5,8-9,15H,6-7,20H2. The zero-order valence-corrected chi connectivity index (χ0v) is 10.7. The van der Waals surface area contributed by atoms with E-state index in [-0.39, 0.29) is 5.56 Å². The molecule has 2 N–H and O–H groups in total. The number of benzene rings is 2. The Morgan fingerprint density at radius 3 is 2.00 bits per heavy atom. The maximum absolute atomic E-state index is 13.9. The lowest BCUT2D eigenvalue weighted by Gasteiger charge is -2.25. The Hall–Kier alpha value is -1.81. The highest BCUT2D eigenvalue weighted by molar-refractivity contribution is 5.39. The third kappa shape index (κ3) is 2.00. The fourth-order valence-corrected chi connectivity index (χ4v) is 2.81. The van der Waals surface area contributed by atoms with Crippen LogP contribution in [-0.2, 0) is 5.41 Å². The minimum absolute atomic E-state index is 0.229. The first-order valence-electron chi connectivity index (χ1n) is 6.50. The first-order valence-corrected chi connectivity index (χ1v) is 6.50. The predicted molar refractivity (Wildman–Crippen MR) is 70.6 cm³/mol. The van der Waals surface area contributed by atoms with Gasteiger partial charge in [0.05, 0.1) is 0 Å². The Morgan fingerprint density at radius 1 is 0.950 bits per heavy atom. The maximum Gasteiger partial charge on any atom is 0.133 e. The fraction of sp³-hybridized carbons (Fsp3) is 0.250. The van der Waals surface area contributed by atoms with Gasteiger partial charge in [0.15, 0.2) is 0 Å². The van der Waals surface area contributed by atoms with Crippen molar-refractivity contribution in [1.82, 2.24) is 0 Å². The van der Waals surface area contributed by atoms with Gasteiger partial charge in [-0.3, -0.25) is 0 Å². The van der Waals surface area contributed by atoms with Crippen LogP contribution in [0.4, 0.5) is 13.2 Å². The van der Waals surface area contributed by atoms with E-state index in [0.717, 1.165) is 18.4 Å². The highest BCUT2D eigenvalue weighted by Crippen LogP contribution is 2.56. The molecule has 0 spiro atoms. The molecule has 1 atom stereocenters. The third-order valence-corrected chi connectivity index (χ3v) is 4.09. The second kappa shape index (κ2) is 4.63. The molecule has 1 aliphatic carbocycles. The van der Waals surface area contributed by atoms with Gasteiger partial charge in [0.1, 0.15) is 17.5 Å². The lowest BCUT2D eigenvalue weighted by molar-refractivity contribution is 0.458. The Kier molecular flexibility index (Phi) is 3.05. The second-order valence-electron chi connectivity index (χ2n) is 5.28. The highest BCUT2D eigenvalue weighted by atomic mass is 19.1. The summed E-state index contributed by atoms with van der Waals surface area (Å²) in [5.74, 6) is -2.77. The monoisotopic (exact) mass is 277 g/mol. The molecule has 2 aromatic carbocycles. The van der Waals surface area contributed by atoms with Crippen LogP contribution in [0.1, 0.15) is 30.0 Å². The van der Waals surface area contributed by atoms with Crippen LogP contribution >= 0.6 is 0 Å². The molecular formula is C16H14F3N. The molecule has 3 rings (SSSR count). The van der Waals surface area contributed by atoms with Crippen LogP contribution in [0, 0.1) is 17.5 Å². The molecule has 2 aromatic rings. The van der Waals surface area contributed by atoms with E-state index < -0.39 is 28.9 Å². The van der Waals surface area contributed by atoms with E-state index in [9.17, 15) is 13.2 Å². The summed E-state index contributed by atoms with van der Waals surface area (Å²) in [5.41, 5.74) is 6.41. The average molecular weight is 277 g/mol. The second-order valence-corrected chi connectivity index (χ2v) is 5.28. The van der Waals surface area contributed by atoms with Gasteiger partial charge >= 0.3 is 0 Å². The molecule has 1 aliphatic rings. The van der Waals surface area contributed by atoms with E-state index >= 15 is 0 Å². The van der Waals surface area contributed by atoms with Crippen molar-refractivity contribution in [3.05, 3.63) is 71.0 Å². The number of halogens is 3. The van der Waals surface area contributed by atoms with Crippen molar-refractivity contribution in [3.63, 3.8) is 0 Å². The molecule has 0 radical (unpaired) electrons. The normalized spacial score (nSPS) is 17.8. The van der Waals surface area contributed by atoms with Crippen LogP contribution < -0.4 is 5.73 Å². The van der Waals surface area contributed by atoms with Crippen molar-refractivity contribution >= 4 is 0 Å². The molecule has 0 saturated heterocycles. The van der Waals surface area contributed by atoms with Crippen LogP contribution in [0.25, 0.3) is 0 Å². The summed E-state index contributed by atoms with van der Waals surface area (Å²) in [6.07, 6.45) is 1.54. The minimum Gasteiger partial charge on any atom is -0.323 e. The van der Waals surface area contributed by atoms with E-state index in [1.54, 1.807) is 0 Å². The Morgan fingerprint density at radius 2 is 1.50 bits per heavy atom. The molecule has 0 aliphatic heterocycles. The Bertz CT molecular complexity index is 612. The Labute approximate surface area is 115 Å². The van der Waals surface area contributed by atoms with Gasteiger partial charge in [-0.05, 0) is 18.4 Å². The van der Waals surface area contributed by atoms with Crippen molar-refractivity contribution in [1.29, 1.82) is 0 Å². The smallest absolute Gasteiger partial charge is 0.133 e. The molecule has 104 valence electrons. The van der Waals surface area contributed by atoms with Gasteiger partial charge in [-0.15, -0.1) is 0 Å². The largest absolute Gasteiger partial charge is 0.323 e. The summed E-state index contributed by atoms with van der Waals surface area (Å²) in [4.78, 5) is 0. The molecule has 1 fully saturated rings. The van der Waals surface area contributed by atoms with Crippen LogP contribution in [0.5, 0.6) is 0 Å². The highest BCUT2D eigenvalue weighted by Gasteiger charge is 2.51. The molecular weight excluding hydrogens is 263 g/mol. The van der Waals surface area contributed by atoms with Crippen molar-refractivity contribution in [3.8, 4) is 0 Å². The number of nitrogens with two attached hydrogens (primary N) is 1. The Balaban J connectivity index is 2.04. The molecule has 0 amide bonds. The molecule has 0 heterocycles. The van der Waals surface area contributed by atoms with Gasteiger partial charge in [0.2, 0.25) is 0 Å². The van der Waals surface area contributed by atoms with Crippen LogP contribution in [0.3, 0.4) is 0 Å². The first kappa shape index (κ1) is 13.2. The SMILES string of the molecule is NC(c1c(F)cc(F)cc1F)C1(c2ccccc2)CC1. The number of hydrogen-bond donors (Lipinski definition) is 1. The topological polar surface area (TPSA) is 26.0 Å². The van der Waals surface area contributed by atoms with E-state index in [2.05, 4.69) is 0 Å². The summed E-state index contributed by atoms with van der Waals surface area (Å²) >= 11 is 0. The van der Waals surface area contributed by atoms with Crippen LogP contribution in [0.15, 0.2) is 42.5 Å². The zero-order chi connectivity index (χ0) is 14.3. The lowest BCUT2D eigenvalue weighted by Crippen LogP contribution is -2.28. The maximum atomic E-state index is 13.9. The predicted octanol–water partition coefficient (Wildman–Crippen LogP) is 3.84. The summed E-state index contributed by atoms with van der Waals surface area (Å²) in [6, 6.07) is 9.99. The minimum atomic E-state index is -0.930. The van der Waals surface area contributed by atoms with Gasteiger partial charge in [-0.1, -0.05) is 30.3 Å². The summed E-state index contributed by atoms with van der Waals surface area (Å²) in [7, 11) is 0. The zero-order valence-electron chi connectivity index (χ0n) is 10.7. The van der Waals surface area contributed by atoms with E-state index in [4.69, 9.17) is 5.73 Å². The van der Waals surface area contributed by atoms with Gasteiger partial charge in [-0.2, -0.15) is 0 Å². The number of rotatable bonds is 3. The summed E-state index contributed by atoms with van der Waals surface area (Å²) in [6.45, 7) is 0. The van der Waals surface area contributed by atoms with Gasteiger partial charge in [0.25, 0.3) is 0 Å². The summed E-state index contributed by atoms with van der Waals surface area (Å²) < 4.78 is 40.7. The van der Waals surface area contributed by atoms with Crippen molar-refractivity contribution in [2.45, 2.75) is 24.3 Å². The third-order valence-electron chi connectivity index (χ3n) is 4.09. The summed E-state index contributed by atoms with van der Waals surface area (Å²) in [5, 5.41) is 0. The first-order chi connectivity index (χ1) is 9.54. The van der Waals surface area contributed by atoms with Crippen LogP contribution in [0.2, 0.25) is 0 Å². The fourth-order valence-electron chi connectivity index (χ4n) is 2.81. The van der Waals surface area contributed by atoms with Crippen molar-refractivity contribution < 1.29 is 13.2 Å². The lowest BCUT2D eigenvalue weighted by atomic mass is 9.84. The van der Waals surface area contributed by atoms with Crippen LogP contribution in [-0.4, -0.2) is 0 Å². The molecule has 1 unspecified atom stereocenters. The van der Waals surface area contributed by atoms with E-state index in [1.165, 1.54) is 0 Å². The van der Waals surface area contributed by atoms with E-state index in [0.29, 0.717) is 12.1 Å². The quantitative estimate of drug-likeness (QED) is 0.906. The van der Waals surface area contributed by atoms with Gasteiger partial charge in [-0.25, -0.2) is 13.2 Å². The van der Waals surface area contributed by atoms with Gasteiger partial charge < -0.3 is 5.73 Å². The molecule has 4 heteroatoms. The molecule has 1 saturated carbocycles. The molecule has 1 nitrogen and oxygen atoms in total. The molecule has 20 heavy (non-hydrogen) atoms. The number of hydrogen-bond acceptors (Lipinski definition) is 1. The molecule has 0 bridgehead atoms. The van der Waals surface area contributed by atoms with Crippen molar-refractivity contribution in [2.75, 3.05) is 0 Å². The van der Waals surface area contributed by atoms with E-state index in [1.807, 2.05) is 30.3 Å². The van der Waals surface area contributed by atoms with Gasteiger partial charge in [0, 0.05) is 29.2 Å². The average Bonchev–Trinajstić information content (AvgIpc) is 3.20. The van der Waals surface area contributed by atoms with Crippen molar-refractivity contribution in [2.24, 2.45) is 5.73 Å².